The Morgan fingerprint density at radius 2 is 1.79 bits per heavy atom. The summed E-state index contributed by atoms with van der Waals surface area (Å²) in [4.78, 5) is 2.61. The summed E-state index contributed by atoms with van der Waals surface area (Å²) in [5, 5.41) is 0. The second-order valence-corrected chi connectivity index (χ2v) is 5.97. The minimum absolute atomic E-state index is 0.155. The Bertz CT molecular complexity index is 413. The lowest BCUT2D eigenvalue weighted by molar-refractivity contribution is 0.000894. The summed E-state index contributed by atoms with van der Waals surface area (Å²) < 4.78 is 5.47. The smallest absolute Gasteiger partial charge is 0.0595 e. The zero-order valence-corrected chi connectivity index (χ0v) is 11.8. The van der Waals surface area contributed by atoms with Gasteiger partial charge >= 0.3 is 0 Å². The van der Waals surface area contributed by atoms with Crippen molar-refractivity contribution in [3.63, 3.8) is 0 Å². The van der Waals surface area contributed by atoms with Gasteiger partial charge in [-0.2, -0.15) is 0 Å². The number of hydrogen-bond donors (Lipinski definition) is 1. The van der Waals surface area contributed by atoms with Crippen molar-refractivity contribution in [3.05, 3.63) is 35.4 Å². The van der Waals surface area contributed by atoms with E-state index < -0.39 is 0 Å². The van der Waals surface area contributed by atoms with E-state index in [0.717, 1.165) is 45.3 Å². The molecule has 3 heteroatoms. The first-order chi connectivity index (χ1) is 9.27. The molecule has 0 bridgehead atoms. The number of methoxy groups -OCH3 is 1. The third-order valence-corrected chi connectivity index (χ3v) is 4.98. The van der Waals surface area contributed by atoms with Crippen molar-refractivity contribution in [2.24, 2.45) is 5.73 Å². The van der Waals surface area contributed by atoms with Crippen LogP contribution in [0.4, 0.5) is 0 Å². The maximum atomic E-state index is 6.17. The Kier molecular flexibility index (Phi) is 3.61. The summed E-state index contributed by atoms with van der Waals surface area (Å²) in [6.07, 6.45) is 4.92. The van der Waals surface area contributed by atoms with Gasteiger partial charge in [0.1, 0.15) is 0 Å². The highest BCUT2D eigenvalue weighted by molar-refractivity contribution is 5.36. The van der Waals surface area contributed by atoms with Gasteiger partial charge in [-0.1, -0.05) is 24.3 Å². The Hall–Kier alpha value is -0.900. The van der Waals surface area contributed by atoms with Gasteiger partial charge in [-0.25, -0.2) is 0 Å². The lowest BCUT2D eigenvalue weighted by Crippen LogP contribution is -2.57. The third kappa shape index (κ3) is 2.31. The predicted octanol–water partition coefficient (Wildman–Crippen LogP) is 1.59. The second-order valence-electron chi connectivity index (χ2n) is 5.97. The van der Waals surface area contributed by atoms with Crippen molar-refractivity contribution in [1.82, 2.24) is 4.90 Å². The number of rotatable bonds is 3. The summed E-state index contributed by atoms with van der Waals surface area (Å²) in [6, 6.07) is 8.80. The van der Waals surface area contributed by atoms with Crippen LogP contribution in [0, 0.1) is 0 Å². The Morgan fingerprint density at radius 1 is 1.21 bits per heavy atom. The molecule has 0 amide bonds. The lowest BCUT2D eigenvalue weighted by Gasteiger charge is -2.44. The molecule has 0 atom stereocenters. The predicted molar refractivity (Wildman–Crippen MR) is 77.2 cm³/mol. The van der Waals surface area contributed by atoms with E-state index in [-0.39, 0.29) is 5.54 Å². The first kappa shape index (κ1) is 13.1. The fourth-order valence-electron chi connectivity index (χ4n) is 3.74. The van der Waals surface area contributed by atoms with Crippen LogP contribution >= 0.6 is 0 Å². The molecule has 3 nitrogen and oxygen atoms in total. The molecule has 0 saturated carbocycles. The molecule has 2 N–H and O–H groups in total. The van der Waals surface area contributed by atoms with E-state index in [0.29, 0.717) is 6.10 Å². The molecule has 104 valence electrons. The number of nitrogens with zero attached hydrogens (tertiary/aromatic N) is 1. The van der Waals surface area contributed by atoms with Crippen LogP contribution in [0.1, 0.15) is 24.0 Å². The molecule has 19 heavy (non-hydrogen) atoms. The van der Waals surface area contributed by atoms with Crippen LogP contribution in [-0.2, 0) is 17.6 Å². The first-order valence-corrected chi connectivity index (χ1v) is 7.32. The molecule has 0 spiro atoms. The van der Waals surface area contributed by atoms with Crippen molar-refractivity contribution in [1.29, 1.82) is 0 Å². The average molecular weight is 260 g/mol. The largest absolute Gasteiger partial charge is 0.381 e. The molecular weight excluding hydrogens is 236 g/mol. The third-order valence-electron chi connectivity index (χ3n) is 4.98. The van der Waals surface area contributed by atoms with Gasteiger partial charge in [-0.05, 0) is 36.8 Å². The van der Waals surface area contributed by atoms with Crippen molar-refractivity contribution in [2.45, 2.75) is 37.3 Å². The molecule has 1 aliphatic carbocycles. The summed E-state index contributed by atoms with van der Waals surface area (Å²) >= 11 is 0. The van der Waals surface area contributed by atoms with E-state index in [2.05, 4.69) is 29.2 Å². The van der Waals surface area contributed by atoms with Gasteiger partial charge < -0.3 is 10.5 Å². The van der Waals surface area contributed by atoms with Gasteiger partial charge in [0.15, 0.2) is 0 Å². The van der Waals surface area contributed by atoms with E-state index in [1.165, 1.54) is 11.1 Å². The van der Waals surface area contributed by atoms with Crippen LogP contribution < -0.4 is 5.73 Å². The monoisotopic (exact) mass is 260 g/mol. The number of fused-ring (bicyclic) bond motifs is 1. The van der Waals surface area contributed by atoms with Crippen LogP contribution in [0.25, 0.3) is 0 Å². The topological polar surface area (TPSA) is 38.5 Å². The molecule has 1 saturated heterocycles. The van der Waals surface area contributed by atoms with E-state index in [1.54, 1.807) is 0 Å². The maximum absolute atomic E-state index is 6.17. The molecule has 1 aliphatic heterocycles. The summed E-state index contributed by atoms with van der Waals surface area (Å²) in [7, 11) is 1.82. The second kappa shape index (κ2) is 5.23. The summed E-state index contributed by atoms with van der Waals surface area (Å²) in [5.41, 5.74) is 9.30. The maximum Gasteiger partial charge on any atom is 0.0595 e. The highest BCUT2D eigenvalue weighted by Crippen LogP contribution is 2.35. The molecule has 0 aromatic heterocycles. The van der Waals surface area contributed by atoms with Crippen molar-refractivity contribution >= 4 is 0 Å². The van der Waals surface area contributed by atoms with Crippen LogP contribution in [0.2, 0.25) is 0 Å². The quantitative estimate of drug-likeness (QED) is 0.897. The average Bonchev–Trinajstić information content (AvgIpc) is 2.87. The van der Waals surface area contributed by atoms with Crippen molar-refractivity contribution < 1.29 is 4.74 Å². The zero-order chi connectivity index (χ0) is 13.3. The minimum Gasteiger partial charge on any atom is -0.381 e. The lowest BCUT2D eigenvalue weighted by atomic mass is 9.90. The zero-order valence-electron chi connectivity index (χ0n) is 11.8. The van der Waals surface area contributed by atoms with Gasteiger partial charge in [0, 0.05) is 32.3 Å². The van der Waals surface area contributed by atoms with Gasteiger partial charge in [-0.15, -0.1) is 0 Å². The van der Waals surface area contributed by atoms with Gasteiger partial charge in [-0.3, -0.25) is 4.90 Å². The molecule has 1 fully saturated rings. The fraction of sp³-hybridized carbons (Fsp3) is 0.625. The molecule has 2 aliphatic rings. The highest BCUT2D eigenvalue weighted by Gasteiger charge is 2.42. The number of benzene rings is 1. The number of likely N-dealkylation sites (tertiary alicyclic amines) is 1. The molecule has 0 unspecified atom stereocenters. The van der Waals surface area contributed by atoms with Crippen molar-refractivity contribution in [2.75, 3.05) is 26.7 Å². The molecule has 0 radical (unpaired) electrons. The normalized spacial score (nSPS) is 23.5. The molecule has 1 aromatic rings. The van der Waals surface area contributed by atoms with Crippen LogP contribution in [0.15, 0.2) is 24.3 Å². The molecule has 1 aromatic carbocycles. The van der Waals surface area contributed by atoms with E-state index in [9.17, 15) is 0 Å². The highest BCUT2D eigenvalue weighted by atomic mass is 16.5. The van der Waals surface area contributed by atoms with Gasteiger partial charge in [0.2, 0.25) is 0 Å². The molecular formula is C16H24N2O. The Balaban J connectivity index is 1.76. The number of hydrogen-bond acceptors (Lipinski definition) is 3. The number of nitrogens with two attached hydrogens (primary N) is 1. The Labute approximate surface area is 115 Å². The summed E-state index contributed by atoms with van der Waals surface area (Å²) in [5.74, 6) is 0. The molecule has 3 rings (SSSR count). The van der Waals surface area contributed by atoms with Crippen LogP contribution in [0.5, 0.6) is 0 Å². The van der Waals surface area contributed by atoms with Gasteiger partial charge in [0.25, 0.3) is 0 Å². The van der Waals surface area contributed by atoms with E-state index in [4.69, 9.17) is 10.5 Å². The number of piperidine rings is 1. The Morgan fingerprint density at radius 3 is 2.26 bits per heavy atom. The van der Waals surface area contributed by atoms with Crippen LogP contribution in [0.3, 0.4) is 0 Å². The number of ether oxygens (including phenoxy) is 1. The molecule has 1 heterocycles. The SMILES string of the molecule is COC1CCN(C2(CN)Cc3ccccc3C2)CC1. The van der Waals surface area contributed by atoms with E-state index in [1.807, 2.05) is 7.11 Å². The van der Waals surface area contributed by atoms with Crippen molar-refractivity contribution in [3.8, 4) is 0 Å². The van der Waals surface area contributed by atoms with E-state index >= 15 is 0 Å². The summed E-state index contributed by atoms with van der Waals surface area (Å²) in [6.45, 7) is 2.98. The standard InChI is InChI=1S/C16H24N2O/c1-19-15-6-8-18(9-7-15)16(12-17)10-13-4-2-3-5-14(13)11-16/h2-5,15H,6-12,17H2,1H3. The first-order valence-electron chi connectivity index (χ1n) is 7.32. The minimum atomic E-state index is 0.155. The fourth-order valence-corrected chi connectivity index (χ4v) is 3.74. The van der Waals surface area contributed by atoms with Gasteiger partial charge in [0.05, 0.1) is 6.10 Å². The van der Waals surface area contributed by atoms with Crippen LogP contribution in [-0.4, -0.2) is 43.3 Å².